The summed E-state index contributed by atoms with van der Waals surface area (Å²) in [6, 6.07) is 6.17. The fourth-order valence-corrected chi connectivity index (χ4v) is 2.80. The second-order valence-corrected chi connectivity index (χ2v) is 5.38. The Hall–Kier alpha value is -0.610. The third-order valence-corrected chi connectivity index (χ3v) is 3.76. The summed E-state index contributed by atoms with van der Waals surface area (Å²) in [4.78, 5) is 12.6. The number of amides is 1. The van der Waals surface area contributed by atoms with Gasteiger partial charge in [0.05, 0.1) is 10.9 Å². The number of thioether (sulfide) groups is 1. The highest BCUT2D eigenvalue weighted by Gasteiger charge is 2.22. The van der Waals surface area contributed by atoms with Gasteiger partial charge in [-0.15, -0.1) is 11.8 Å². The lowest BCUT2D eigenvalue weighted by atomic mass is 10.1. The van der Waals surface area contributed by atoms with Gasteiger partial charge in [-0.3, -0.25) is 4.79 Å². The fourth-order valence-electron chi connectivity index (χ4n) is 1.53. The number of rotatable bonds is 2. The van der Waals surface area contributed by atoms with Gasteiger partial charge >= 0.3 is 0 Å². The first kappa shape index (κ1) is 10.9. The molecule has 0 saturated heterocycles. The van der Waals surface area contributed by atoms with Crippen LogP contribution in [0.4, 0.5) is 5.69 Å². The molecule has 1 aliphatic rings. The number of aryl methyl sites for hydroxylation is 1. The van der Waals surface area contributed by atoms with E-state index in [0.29, 0.717) is 0 Å². The molecule has 0 radical (unpaired) electrons. The van der Waals surface area contributed by atoms with Crippen LogP contribution in [-0.4, -0.2) is 16.9 Å². The minimum atomic E-state index is 0.00347. The van der Waals surface area contributed by atoms with E-state index >= 15 is 0 Å². The Morgan fingerprint density at radius 3 is 3.07 bits per heavy atom. The van der Waals surface area contributed by atoms with Crippen molar-refractivity contribution in [3.8, 4) is 0 Å². The summed E-state index contributed by atoms with van der Waals surface area (Å²) in [7, 11) is 0. The quantitative estimate of drug-likeness (QED) is 0.777. The number of nitrogens with one attached hydrogen (secondary N) is 1. The van der Waals surface area contributed by atoms with Gasteiger partial charge in [0.15, 0.2) is 0 Å². The monoisotopic (exact) mass is 239 g/mol. The maximum Gasteiger partial charge on any atom is 0.237 e. The van der Waals surface area contributed by atoms with Crippen LogP contribution in [0.5, 0.6) is 0 Å². The standard InChI is InChI=1S/C11H13NOS2/c1-7-11(13)12-9-3-2-8(4-5-14)6-10(9)15-7/h2-3,6-7,14H,4-5H2,1H3,(H,12,13). The first-order valence-corrected chi connectivity index (χ1v) is 6.43. The number of thiol groups is 1. The van der Waals surface area contributed by atoms with Crippen LogP contribution in [0, 0.1) is 0 Å². The molecule has 15 heavy (non-hydrogen) atoms. The SMILES string of the molecule is CC1Sc2cc(CCS)ccc2NC1=O. The van der Waals surface area contributed by atoms with Crippen molar-refractivity contribution in [3.63, 3.8) is 0 Å². The molecule has 2 rings (SSSR count). The van der Waals surface area contributed by atoms with Gasteiger partial charge in [-0.25, -0.2) is 0 Å². The summed E-state index contributed by atoms with van der Waals surface area (Å²) in [5.41, 5.74) is 2.21. The number of benzene rings is 1. The maximum atomic E-state index is 11.4. The lowest BCUT2D eigenvalue weighted by Crippen LogP contribution is -2.26. The van der Waals surface area contributed by atoms with E-state index < -0.39 is 0 Å². The zero-order chi connectivity index (χ0) is 10.8. The molecule has 1 aromatic carbocycles. The van der Waals surface area contributed by atoms with Gasteiger partial charge in [-0.1, -0.05) is 6.07 Å². The molecule has 2 nitrogen and oxygen atoms in total. The molecule has 1 N–H and O–H groups in total. The number of hydrogen-bond acceptors (Lipinski definition) is 3. The third kappa shape index (κ3) is 2.32. The largest absolute Gasteiger partial charge is 0.324 e. The summed E-state index contributed by atoms with van der Waals surface area (Å²) in [6.07, 6.45) is 0.972. The molecule has 0 bridgehead atoms. The van der Waals surface area contributed by atoms with E-state index in [2.05, 4.69) is 24.0 Å². The molecule has 1 amide bonds. The molecule has 1 aromatic rings. The Morgan fingerprint density at radius 1 is 1.53 bits per heavy atom. The van der Waals surface area contributed by atoms with Crippen LogP contribution < -0.4 is 5.32 Å². The first-order valence-electron chi connectivity index (χ1n) is 4.92. The minimum absolute atomic E-state index is 0.00347. The summed E-state index contributed by atoms with van der Waals surface area (Å²) in [5.74, 6) is 0.945. The molecule has 0 saturated carbocycles. The van der Waals surface area contributed by atoms with Crippen molar-refractivity contribution in [1.29, 1.82) is 0 Å². The summed E-state index contributed by atoms with van der Waals surface area (Å²) < 4.78 is 0. The summed E-state index contributed by atoms with van der Waals surface area (Å²) in [5, 5.41) is 2.90. The predicted octanol–water partition coefficient (Wildman–Crippen LogP) is 2.59. The van der Waals surface area contributed by atoms with Gasteiger partial charge in [0.1, 0.15) is 0 Å². The second-order valence-electron chi connectivity index (χ2n) is 3.55. The van der Waals surface area contributed by atoms with Gasteiger partial charge in [-0.05, 0) is 36.8 Å². The van der Waals surface area contributed by atoms with Gasteiger partial charge in [0.2, 0.25) is 5.91 Å². The highest BCUT2D eigenvalue weighted by Crippen LogP contribution is 2.36. The molecule has 4 heteroatoms. The maximum absolute atomic E-state index is 11.4. The minimum Gasteiger partial charge on any atom is -0.324 e. The topological polar surface area (TPSA) is 29.1 Å². The van der Waals surface area contributed by atoms with E-state index in [1.54, 1.807) is 11.8 Å². The van der Waals surface area contributed by atoms with E-state index in [-0.39, 0.29) is 11.2 Å². The fraction of sp³-hybridized carbons (Fsp3) is 0.364. The van der Waals surface area contributed by atoms with Crippen LogP contribution in [-0.2, 0) is 11.2 Å². The molecule has 1 heterocycles. The third-order valence-electron chi connectivity index (χ3n) is 2.38. The zero-order valence-corrected chi connectivity index (χ0v) is 10.2. The summed E-state index contributed by atoms with van der Waals surface area (Å²) >= 11 is 5.84. The van der Waals surface area contributed by atoms with E-state index in [9.17, 15) is 4.79 Å². The van der Waals surface area contributed by atoms with E-state index in [1.165, 1.54) is 10.5 Å². The van der Waals surface area contributed by atoms with Crippen LogP contribution in [0.1, 0.15) is 12.5 Å². The molecular formula is C11H13NOS2. The van der Waals surface area contributed by atoms with Gasteiger partial charge in [-0.2, -0.15) is 12.6 Å². The summed E-state index contributed by atoms with van der Waals surface area (Å²) in [6.45, 7) is 1.92. The lowest BCUT2D eigenvalue weighted by Gasteiger charge is -2.21. The number of carbonyl (C=O) groups excluding carboxylic acids is 1. The average molecular weight is 239 g/mol. The highest BCUT2D eigenvalue weighted by molar-refractivity contribution is 8.00. The van der Waals surface area contributed by atoms with Gasteiger partial charge < -0.3 is 5.32 Å². The lowest BCUT2D eigenvalue weighted by molar-refractivity contribution is -0.115. The van der Waals surface area contributed by atoms with E-state index in [1.807, 2.05) is 19.1 Å². The van der Waals surface area contributed by atoms with Crippen LogP contribution in [0.2, 0.25) is 0 Å². The van der Waals surface area contributed by atoms with Crippen molar-refractivity contribution in [3.05, 3.63) is 23.8 Å². The Morgan fingerprint density at radius 2 is 2.33 bits per heavy atom. The van der Waals surface area contributed by atoms with Crippen molar-refractivity contribution >= 4 is 36.0 Å². The average Bonchev–Trinajstić information content (AvgIpc) is 2.21. The predicted molar refractivity (Wildman–Crippen MR) is 67.9 cm³/mol. The molecule has 1 atom stereocenters. The van der Waals surface area contributed by atoms with Gasteiger partial charge in [0.25, 0.3) is 0 Å². The normalized spacial score (nSPS) is 19.6. The molecule has 0 aromatic heterocycles. The van der Waals surface area contributed by atoms with E-state index in [4.69, 9.17) is 0 Å². The number of hydrogen-bond donors (Lipinski definition) is 2. The van der Waals surface area contributed by atoms with Crippen LogP contribution in [0.25, 0.3) is 0 Å². The Kier molecular flexibility index (Phi) is 3.26. The Labute approximate surface area is 99.2 Å². The van der Waals surface area contributed by atoms with E-state index in [0.717, 1.165) is 17.9 Å². The number of carbonyl (C=O) groups is 1. The highest BCUT2D eigenvalue weighted by atomic mass is 32.2. The van der Waals surface area contributed by atoms with Crippen LogP contribution >= 0.6 is 24.4 Å². The molecule has 80 valence electrons. The molecule has 0 spiro atoms. The van der Waals surface area contributed by atoms with Crippen molar-refractivity contribution in [2.45, 2.75) is 23.5 Å². The van der Waals surface area contributed by atoms with Crippen molar-refractivity contribution in [1.82, 2.24) is 0 Å². The Balaban J connectivity index is 2.29. The molecule has 1 unspecified atom stereocenters. The van der Waals surface area contributed by atoms with Crippen LogP contribution in [0.3, 0.4) is 0 Å². The zero-order valence-electron chi connectivity index (χ0n) is 8.49. The Bertz CT molecular complexity index is 392. The van der Waals surface area contributed by atoms with Crippen molar-refractivity contribution < 1.29 is 4.79 Å². The smallest absolute Gasteiger partial charge is 0.237 e. The van der Waals surface area contributed by atoms with Crippen molar-refractivity contribution in [2.75, 3.05) is 11.1 Å². The molecular weight excluding hydrogens is 226 g/mol. The van der Waals surface area contributed by atoms with Crippen molar-refractivity contribution in [2.24, 2.45) is 0 Å². The molecule has 0 fully saturated rings. The number of anilines is 1. The van der Waals surface area contributed by atoms with Gasteiger partial charge in [0, 0.05) is 4.90 Å². The molecule has 1 aliphatic heterocycles. The van der Waals surface area contributed by atoms with Crippen LogP contribution in [0.15, 0.2) is 23.1 Å². The second kappa shape index (κ2) is 4.49. The molecule has 0 aliphatic carbocycles. The first-order chi connectivity index (χ1) is 7.20. The number of fused-ring (bicyclic) bond motifs is 1.